The molecule has 3 rings (SSSR count). The van der Waals surface area contributed by atoms with Crippen LogP contribution in [0, 0.1) is 20.8 Å². The minimum atomic E-state index is -0.192. The van der Waals surface area contributed by atoms with Crippen LogP contribution in [0.2, 0.25) is 5.02 Å². The molecule has 0 aliphatic heterocycles. The lowest BCUT2D eigenvalue weighted by atomic mass is 10.1. The quantitative estimate of drug-likeness (QED) is 0.761. The van der Waals surface area contributed by atoms with Gasteiger partial charge >= 0.3 is 0 Å². The van der Waals surface area contributed by atoms with Crippen molar-refractivity contribution in [3.05, 3.63) is 64.1 Å². The van der Waals surface area contributed by atoms with E-state index in [9.17, 15) is 4.79 Å². The zero-order valence-corrected chi connectivity index (χ0v) is 15.2. The van der Waals surface area contributed by atoms with Crippen molar-refractivity contribution in [3.63, 3.8) is 0 Å². The number of aromatic nitrogens is 4. The summed E-state index contributed by atoms with van der Waals surface area (Å²) in [6.45, 7) is 6.47. The first kappa shape index (κ1) is 17.2. The number of benzene rings is 1. The van der Waals surface area contributed by atoms with Crippen LogP contribution in [0.4, 0.5) is 5.82 Å². The SMILES string of the molecule is Cc1cccc(Cn2ccc(NC(=O)Cn3nc(C)c(Cl)c3C)n2)c1. The van der Waals surface area contributed by atoms with E-state index in [-0.39, 0.29) is 12.5 Å². The van der Waals surface area contributed by atoms with Gasteiger partial charge in [-0.05, 0) is 26.3 Å². The Bertz CT molecular complexity index is 912. The highest BCUT2D eigenvalue weighted by atomic mass is 35.5. The molecule has 0 aliphatic rings. The van der Waals surface area contributed by atoms with Gasteiger partial charge in [-0.15, -0.1) is 0 Å². The Balaban J connectivity index is 1.62. The number of nitrogens with one attached hydrogen (secondary N) is 1. The van der Waals surface area contributed by atoms with Crippen LogP contribution in [0.25, 0.3) is 0 Å². The highest BCUT2D eigenvalue weighted by Gasteiger charge is 2.13. The summed E-state index contributed by atoms with van der Waals surface area (Å²) in [6, 6.07) is 10.0. The lowest BCUT2D eigenvalue weighted by molar-refractivity contribution is -0.117. The van der Waals surface area contributed by atoms with E-state index in [4.69, 9.17) is 11.6 Å². The standard InChI is InChI=1S/C18H20ClN5O/c1-12-5-4-6-15(9-12)10-23-8-7-16(22-23)20-17(25)11-24-14(3)18(19)13(2)21-24/h4-9H,10-11H2,1-3H3,(H,20,22,25). The van der Waals surface area contributed by atoms with E-state index in [1.807, 2.05) is 26.1 Å². The van der Waals surface area contributed by atoms with Crippen LogP contribution in [0.15, 0.2) is 36.5 Å². The second-order valence-corrected chi connectivity index (χ2v) is 6.46. The van der Waals surface area contributed by atoms with Crippen molar-refractivity contribution in [2.45, 2.75) is 33.9 Å². The summed E-state index contributed by atoms with van der Waals surface area (Å²) in [4.78, 5) is 12.2. The number of carbonyl (C=O) groups excluding carboxylic acids is 1. The predicted octanol–water partition coefficient (Wildman–Crippen LogP) is 3.35. The summed E-state index contributed by atoms with van der Waals surface area (Å²) in [5.74, 6) is 0.327. The highest BCUT2D eigenvalue weighted by molar-refractivity contribution is 6.31. The molecule has 6 nitrogen and oxygen atoms in total. The van der Waals surface area contributed by atoms with Gasteiger partial charge in [0, 0.05) is 12.3 Å². The molecule has 1 amide bonds. The first-order valence-corrected chi connectivity index (χ1v) is 8.38. The average molecular weight is 358 g/mol. The molecule has 2 heterocycles. The largest absolute Gasteiger partial charge is 0.308 e. The van der Waals surface area contributed by atoms with Crippen molar-refractivity contribution >= 4 is 23.3 Å². The normalized spacial score (nSPS) is 10.9. The van der Waals surface area contributed by atoms with Gasteiger partial charge in [-0.1, -0.05) is 41.4 Å². The number of nitrogens with zero attached hydrogens (tertiary/aromatic N) is 4. The Morgan fingerprint density at radius 1 is 1.20 bits per heavy atom. The molecule has 1 aromatic carbocycles. The van der Waals surface area contributed by atoms with Crippen molar-refractivity contribution in [3.8, 4) is 0 Å². The maximum absolute atomic E-state index is 12.2. The summed E-state index contributed by atoms with van der Waals surface area (Å²) in [5.41, 5.74) is 3.87. The molecular weight excluding hydrogens is 338 g/mol. The number of aryl methyl sites for hydroxylation is 2. The number of rotatable bonds is 5. The fraction of sp³-hybridized carbons (Fsp3) is 0.278. The van der Waals surface area contributed by atoms with E-state index in [1.54, 1.807) is 15.4 Å². The predicted molar refractivity (Wildman–Crippen MR) is 97.8 cm³/mol. The summed E-state index contributed by atoms with van der Waals surface area (Å²) < 4.78 is 3.39. The van der Waals surface area contributed by atoms with Crippen molar-refractivity contribution in [2.75, 3.05) is 5.32 Å². The minimum absolute atomic E-state index is 0.101. The van der Waals surface area contributed by atoms with Crippen molar-refractivity contribution in [2.24, 2.45) is 0 Å². The van der Waals surface area contributed by atoms with E-state index in [1.165, 1.54) is 11.1 Å². The molecule has 0 unspecified atom stereocenters. The fourth-order valence-corrected chi connectivity index (χ4v) is 2.80. The molecule has 0 bridgehead atoms. The third kappa shape index (κ3) is 4.09. The lowest BCUT2D eigenvalue weighted by Crippen LogP contribution is -2.20. The Kier molecular flexibility index (Phi) is 4.90. The van der Waals surface area contributed by atoms with E-state index in [0.717, 1.165) is 11.4 Å². The summed E-state index contributed by atoms with van der Waals surface area (Å²) in [5, 5.41) is 12.0. The lowest BCUT2D eigenvalue weighted by Gasteiger charge is -2.05. The summed E-state index contributed by atoms with van der Waals surface area (Å²) >= 11 is 6.10. The first-order chi connectivity index (χ1) is 11.9. The molecule has 0 fully saturated rings. The Hall–Kier alpha value is -2.60. The Morgan fingerprint density at radius 2 is 2.00 bits per heavy atom. The monoisotopic (exact) mass is 357 g/mol. The summed E-state index contributed by atoms with van der Waals surface area (Å²) in [6.07, 6.45) is 1.85. The second-order valence-electron chi connectivity index (χ2n) is 6.08. The van der Waals surface area contributed by atoms with Gasteiger partial charge in [0.15, 0.2) is 5.82 Å². The molecule has 25 heavy (non-hydrogen) atoms. The van der Waals surface area contributed by atoms with Gasteiger partial charge in [-0.25, -0.2) is 0 Å². The molecule has 0 saturated heterocycles. The molecule has 2 aromatic heterocycles. The third-order valence-corrected chi connectivity index (χ3v) is 4.47. The minimum Gasteiger partial charge on any atom is -0.308 e. The molecule has 0 saturated carbocycles. The maximum atomic E-state index is 12.2. The van der Waals surface area contributed by atoms with Gasteiger partial charge < -0.3 is 5.32 Å². The molecule has 0 spiro atoms. The molecule has 1 N–H and O–H groups in total. The van der Waals surface area contributed by atoms with Gasteiger partial charge in [0.05, 0.1) is 23.0 Å². The molecule has 0 atom stereocenters. The average Bonchev–Trinajstić information content (AvgIpc) is 3.08. The molecule has 130 valence electrons. The van der Waals surface area contributed by atoms with Crippen LogP contribution in [-0.4, -0.2) is 25.5 Å². The van der Waals surface area contributed by atoms with Gasteiger partial charge in [0.1, 0.15) is 6.54 Å². The second kappa shape index (κ2) is 7.11. The number of carbonyl (C=O) groups is 1. The van der Waals surface area contributed by atoms with Crippen molar-refractivity contribution < 1.29 is 4.79 Å². The fourth-order valence-electron chi connectivity index (χ4n) is 2.66. The van der Waals surface area contributed by atoms with Crippen LogP contribution in [-0.2, 0) is 17.9 Å². The van der Waals surface area contributed by atoms with Crippen molar-refractivity contribution in [1.82, 2.24) is 19.6 Å². The number of halogens is 1. The number of amides is 1. The zero-order valence-electron chi connectivity index (χ0n) is 14.5. The Morgan fingerprint density at radius 3 is 2.68 bits per heavy atom. The van der Waals surface area contributed by atoms with Crippen LogP contribution < -0.4 is 5.32 Å². The van der Waals surface area contributed by atoms with Gasteiger partial charge in [0.2, 0.25) is 5.91 Å². The first-order valence-electron chi connectivity index (χ1n) is 8.01. The number of hydrogen-bond acceptors (Lipinski definition) is 3. The summed E-state index contributed by atoms with van der Waals surface area (Å²) in [7, 11) is 0. The van der Waals surface area contributed by atoms with Gasteiger partial charge in [0.25, 0.3) is 0 Å². The highest BCUT2D eigenvalue weighted by Crippen LogP contribution is 2.18. The van der Waals surface area contributed by atoms with E-state index in [0.29, 0.717) is 17.4 Å². The topological polar surface area (TPSA) is 64.7 Å². The number of hydrogen-bond donors (Lipinski definition) is 1. The van der Waals surface area contributed by atoms with Gasteiger partial charge in [-0.2, -0.15) is 10.2 Å². The molecular formula is C18H20ClN5O. The van der Waals surface area contributed by atoms with E-state index in [2.05, 4.69) is 40.6 Å². The smallest absolute Gasteiger partial charge is 0.247 e. The van der Waals surface area contributed by atoms with Crippen LogP contribution >= 0.6 is 11.6 Å². The maximum Gasteiger partial charge on any atom is 0.247 e. The third-order valence-electron chi connectivity index (χ3n) is 3.92. The number of anilines is 1. The molecule has 0 radical (unpaired) electrons. The van der Waals surface area contributed by atoms with Gasteiger partial charge in [-0.3, -0.25) is 14.2 Å². The molecule has 3 aromatic rings. The van der Waals surface area contributed by atoms with E-state index >= 15 is 0 Å². The van der Waals surface area contributed by atoms with Crippen LogP contribution in [0.5, 0.6) is 0 Å². The Labute approximate surface area is 151 Å². The van der Waals surface area contributed by atoms with Crippen LogP contribution in [0.3, 0.4) is 0 Å². The zero-order chi connectivity index (χ0) is 18.0. The van der Waals surface area contributed by atoms with Crippen LogP contribution in [0.1, 0.15) is 22.5 Å². The van der Waals surface area contributed by atoms with E-state index < -0.39 is 0 Å². The van der Waals surface area contributed by atoms with Crippen molar-refractivity contribution in [1.29, 1.82) is 0 Å². The molecule has 7 heteroatoms. The molecule has 0 aliphatic carbocycles.